The smallest absolute Gasteiger partial charge is 0.463 e. The van der Waals surface area contributed by atoms with Gasteiger partial charge < -0.3 is 20.1 Å². The minimum Gasteiger partial charge on any atom is -0.463 e. The van der Waals surface area contributed by atoms with Crippen LogP contribution < -0.4 is 5.32 Å². The quantitative estimate of drug-likeness (QED) is 0.0447. The van der Waals surface area contributed by atoms with Crippen LogP contribution in [0, 0.1) is 0 Å². The SMILES string of the molecule is CCCCCCCCCCCCCCCCCCCCCCC(=O)NCCOP(=O)(O)OCC(O)COC(C)=O. The molecular formula is C30H60NO8P. The lowest BCUT2D eigenvalue weighted by molar-refractivity contribution is -0.144. The van der Waals surface area contributed by atoms with Gasteiger partial charge in [0, 0.05) is 19.9 Å². The largest absolute Gasteiger partial charge is 0.472 e. The number of aliphatic hydroxyl groups excluding tert-OH is 1. The first-order valence-corrected chi connectivity index (χ1v) is 17.5. The molecule has 238 valence electrons. The van der Waals surface area contributed by atoms with Gasteiger partial charge in [-0.3, -0.25) is 18.6 Å². The molecule has 10 heteroatoms. The van der Waals surface area contributed by atoms with Crippen molar-refractivity contribution in [1.29, 1.82) is 0 Å². The highest BCUT2D eigenvalue weighted by atomic mass is 31.2. The summed E-state index contributed by atoms with van der Waals surface area (Å²) >= 11 is 0. The van der Waals surface area contributed by atoms with E-state index in [0.29, 0.717) is 6.42 Å². The predicted octanol–water partition coefficient (Wildman–Crippen LogP) is 7.37. The fourth-order valence-corrected chi connectivity index (χ4v) is 5.22. The highest BCUT2D eigenvalue weighted by Gasteiger charge is 2.23. The third-order valence-electron chi connectivity index (χ3n) is 6.85. The molecular weight excluding hydrogens is 533 g/mol. The highest BCUT2D eigenvalue weighted by Crippen LogP contribution is 2.42. The molecule has 0 aliphatic carbocycles. The summed E-state index contributed by atoms with van der Waals surface area (Å²) in [7, 11) is -4.36. The van der Waals surface area contributed by atoms with Crippen molar-refractivity contribution in [3.63, 3.8) is 0 Å². The molecule has 0 radical (unpaired) electrons. The lowest BCUT2D eigenvalue weighted by Gasteiger charge is -2.15. The Kier molecular flexibility index (Phi) is 27.4. The number of esters is 1. The third-order valence-corrected chi connectivity index (χ3v) is 7.83. The van der Waals surface area contributed by atoms with Crippen molar-refractivity contribution in [3.05, 3.63) is 0 Å². The van der Waals surface area contributed by atoms with E-state index in [0.717, 1.165) is 19.3 Å². The second kappa shape index (κ2) is 28.1. The summed E-state index contributed by atoms with van der Waals surface area (Å²) in [6.45, 7) is 2.48. The number of unbranched alkanes of at least 4 members (excludes halogenated alkanes) is 19. The molecule has 0 aliphatic rings. The zero-order valence-electron chi connectivity index (χ0n) is 25.5. The molecule has 0 saturated heterocycles. The number of nitrogens with one attached hydrogen (secondary N) is 1. The number of ether oxygens (including phenoxy) is 1. The van der Waals surface area contributed by atoms with Gasteiger partial charge in [0.1, 0.15) is 12.7 Å². The number of amides is 1. The Balaban J connectivity index is 3.38. The zero-order valence-corrected chi connectivity index (χ0v) is 26.4. The molecule has 0 heterocycles. The third kappa shape index (κ3) is 30.0. The van der Waals surface area contributed by atoms with E-state index in [1.165, 1.54) is 116 Å². The number of hydrogen-bond donors (Lipinski definition) is 3. The van der Waals surface area contributed by atoms with Gasteiger partial charge >= 0.3 is 13.8 Å². The monoisotopic (exact) mass is 593 g/mol. The minimum atomic E-state index is -4.36. The van der Waals surface area contributed by atoms with Crippen molar-refractivity contribution in [2.75, 3.05) is 26.4 Å². The molecule has 0 fully saturated rings. The van der Waals surface area contributed by atoms with E-state index < -0.39 is 26.5 Å². The fraction of sp³-hybridized carbons (Fsp3) is 0.933. The number of rotatable bonds is 30. The van der Waals surface area contributed by atoms with Crippen LogP contribution >= 0.6 is 7.82 Å². The molecule has 0 aromatic carbocycles. The van der Waals surface area contributed by atoms with E-state index in [-0.39, 0.29) is 25.7 Å². The molecule has 3 N–H and O–H groups in total. The Morgan fingerprint density at radius 3 is 1.55 bits per heavy atom. The number of carbonyl (C=O) groups is 2. The minimum absolute atomic E-state index is 0.0853. The van der Waals surface area contributed by atoms with Crippen molar-refractivity contribution in [2.24, 2.45) is 0 Å². The maximum Gasteiger partial charge on any atom is 0.472 e. The Bertz CT molecular complexity index is 649. The number of phosphoric acid groups is 1. The maximum atomic E-state index is 11.9. The predicted molar refractivity (Wildman–Crippen MR) is 160 cm³/mol. The summed E-state index contributed by atoms with van der Waals surface area (Å²) in [6.07, 6.45) is 25.5. The molecule has 0 aromatic heterocycles. The molecule has 2 atom stereocenters. The zero-order chi connectivity index (χ0) is 29.7. The van der Waals surface area contributed by atoms with Crippen molar-refractivity contribution < 1.29 is 37.9 Å². The molecule has 9 nitrogen and oxygen atoms in total. The van der Waals surface area contributed by atoms with E-state index in [1.54, 1.807) is 0 Å². The van der Waals surface area contributed by atoms with Crippen LogP contribution in [0.3, 0.4) is 0 Å². The number of hydrogen-bond acceptors (Lipinski definition) is 7. The van der Waals surface area contributed by atoms with Gasteiger partial charge in [-0.05, 0) is 6.42 Å². The lowest BCUT2D eigenvalue weighted by atomic mass is 10.0. The number of aliphatic hydroxyl groups is 1. The second-order valence-electron chi connectivity index (χ2n) is 10.9. The van der Waals surface area contributed by atoms with Crippen LogP contribution in [0.25, 0.3) is 0 Å². The van der Waals surface area contributed by atoms with Crippen LogP contribution in [-0.4, -0.2) is 54.3 Å². The molecule has 40 heavy (non-hydrogen) atoms. The van der Waals surface area contributed by atoms with E-state index in [9.17, 15) is 24.2 Å². The Morgan fingerprint density at radius 2 is 1.12 bits per heavy atom. The Morgan fingerprint density at radius 1 is 0.700 bits per heavy atom. The Labute approximate surface area is 244 Å². The molecule has 0 rings (SSSR count). The molecule has 0 spiro atoms. The van der Waals surface area contributed by atoms with E-state index in [2.05, 4.69) is 21.5 Å². The number of carbonyl (C=O) groups excluding carboxylic acids is 2. The van der Waals surface area contributed by atoms with E-state index in [1.807, 2.05) is 0 Å². The van der Waals surface area contributed by atoms with Crippen molar-refractivity contribution in [1.82, 2.24) is 5.32 Å². The summed E-state index contributed by atoms with van der Waals surface area (Å²) in [5.41, 5.74) is 0. The average Bonchev–Trinajstić information content (AvgIpc) is 2.92. The fourth-order valence-electron chi connectivity index (χ4n) is 4.46. The molecule has 0 saturated carbocycles. The van der Waals surface area contributed by atoms with Gasteiger partial charge in [-0.25, -0.2) is 4.57 Å². The van der Waals surface area contributed by atoms with Crippen molar-refractivity contribution in [3.8, 4) is 0 Å². The first-order chi connectivity index (χ1) is 19.3. The molecule has 0 aromatic rings. The molecule has 1 amide bonds. The summed E-state index contributed by atoms with van der Waals surface area (Å²) in [5.74, 6) is -0.690. The van der Waals surface area contributed by atoms with Gasteiger partial charge in [0.05, 0.1) is 13.2 Å². The number of phosphoric ester groups is 1. The van der Waals surface area contributed by atoms with Crippen LogP contribution in [0.5, 0.6) is 0 Å². The van der Waals surface area contributed by atoms with Gasteiger partial charge in [0.25, 0.3) is 0 Å². The van der Waals surface area contributed by atoms with Gasteiger partial charge in [-0.1, -0.05) is 129 Å². The molecule has 0 bridgehead atoms. The average molecular weight is 594 g/mol. The van der Waals surface area contributed by atoms with Gasteiger partial charge in [0.2, 0.25) is 5.91 Å². The highest BCUT2D eigenvalue weighted by molar-refractivity contribution is 7.47. The standard InChI is InChI=1S/C30H60NO8P/c1-3-4-5-6-7-8-9-10-11-12-13-14-15-16-17-18-19-20-21-22-23-30(34)31-24-25-38-40(35,36)39-27-29(33)26-37-28(2)32/h29,33H,3-27H2,1-2H3,(H,31,34)(H,35,36). The van der Waals surface area contributed by atoms with Crippen LogP contribution in [0.4, 0.5) is 0 Å². The van der Waals surface area contributed by atoms with Gasteiger partial charge in [-0.15, -0.1) is 0 Å². The lowest BCUT2D eigenvalue weighted by Crippen LogP contribution is -2.27. The molecule has 2 unspecified atom stereocenters. The normalized spacial score (nSPS) is 13.6. The first kappa shape index (κ1) is 39.0. The van der Waals surface area contributed by atoms with E-state index >= 15 is 0 Å². The second-order valence-corrected chi connectivity index (χ2v) is 12.3. The van der Waals surface area contributed by atoms with Crippen LogP contribution in [-0.2, 0) is 27.9 Å². The topological polar surface area (TPSA) is 131 Å². The first-order valence-electron chi connectivity index (χ1n) is 16.0. The molecule has 0 aliphatic heterocycles. The summed E-state index contributed by atoms with van der Waals surface area (Å²) < 4.78 is 25.7. The van der Waals surface area contributed by atoms with Crippen LogP contribution in [0.2, 0.25) is 0 Å². The van der Waals surface area contributed by atoms with Crippen molar-refractivity contribution >= 4 is 19.7 Å². The van der Waals surface area contributed by atoms with E-state index in [4.69, 9.17) is 4.52 Å². The van der Waals surface area contributed by atoms with Gasteiger partial charge in [0.15, 0.2) is 0 Å². The van der Waals surface area contributed by atoms with Crippen molar-refractivity contribution in [2.45, 2.75) is 155 Å². The van der Waals surface area contributed by atoms with Crippen LogP contribution in [0.1, 0.15) is 149 Å². The summed E-state index contributed by atoms with van der Waals surface area (Å²) in [4.78, 5) is 32.1. The maximum absolute atomic E-state index is 11.9. The summed E-state index contributed by atoms with van der Waals surface area (Å²) in [6, 6.07) is 0. The Hall–Kier alpha value is -0.990. The van der Waals surface area contributed by atoms with Gasteiger partial charge in [-0.2, -0.15) is 0 Å². The summed E-state index contributed by atoms with van der Waals surface area (Å²) in [5, 5.41) is 12.2. The van der Waals surface area contributed by atoms with Crippen LogP contribution in [0.15, 0.2) is 0 Å².